The summed E-state index contributed by atoms with van der Waals surface area (Å²) < 4.78 is 10.7. The Balaban J connectivity index is 2.39. The molecule has 0 fully saturated rings. The highest BCUT2D eigenvalue weighted by molar-refractivity contribution is 6.10. The number of ketones is 1. The van der Waals surface area contributed by atoms with E-state index in [2.05, 4.69) is 0 Å². The number of hydrogen-bond donors (Lipinski definition) is 0. The van der Waals surface area contributed by atoms with Crippen LogP contribution in [0.1, 0.15) is 27.0 Å². The van der Waals surface area contributed by atoms with Gasteiger partial charge in [-0.05, 0) is 48.7 Å². The summed E-state index contributed by atoms with van der Waals surface area (Å²) in [5.74, 6) is 0.907. The van der Waals surface area contributed by atoms with Crippen molar-refractivity contribution in [3.8, 4) is 11.5 Å². The van der Waals surface area contributed by atoms with Crippen molar-refractivity contribution in [2.75, 3.05) is 14.2 Å². The van der Waals surface area contributed by atoms with Crippen LogP contribution in [0.4, 0.5) is 0 Å². The average Bonchev–Trinajstić information content (AvgIpc) is 2.52. The Bertz CT molecular complexity index is 689. The number of carbonyl (C=O) groups is 1. The molecule has 0 radical (unpaired) electrons. The summed E-state index contributed by atoms with van der Waals surface area (Å²) in [4.78, 5) is 12.6. The number of allylic oxidation sites excluding steroid dienone is 1. The smallest absolute Gasteiger partial charge is 0.193 e. The van der Waals surface area contributed by atoms with E-state index in [4.69, 9.17) is 9.47 Å². The van der Waals surface area contributed by atoms with Crippen LogP contribution >= 0.6 is 0 Å². The average molecular weight is 296 g/mol. The Morgan fingerprint density at radius 1 is 1.00 bits per heavy atom. The van der Waals surface area contributed by atoms with Gasteiger partial charge in [-0.1, -0.05) is 30.3 Å². The van der Waals surface area contributed by atoms with Crippen LogP contribution in [0.15, 0.2) is 42.5 Å². The van der Waals surface area contributed by atoms with Gasteiger partial charge in [-0.15, -0.1) is 0 Å². The molecule has 0 bridgehead atoms. The Morgan fingerprint density at radius 2 is 1.59 bits per heavy atom. The molecule has 3 nitrogen and oxygen atoms in total. The number of rotatable bonds is 5. The molecular formula is C19H20O3. The minimum absolute atomic E-state index is 0.142. The van der Waals surface area contributed by atoms with Gasteiger partial charge in [0.2, 0.25) is 0 Å². The zero-order chi connectivity index (χ0) is 16.1. The van der Waals surface area contributed by atoms with E-state index in [1.165, 1.54) is 0 Å². The normalized spacial score (nSPS) is 10.7. The van der Waals surface area contributed by atoms with E-state index in [9.17, 15) is 4.79 Å². The highest BCUT2D eigenvalue weighted by Gasteiger charge is 2.17. The first-order chi connectivity index (χ1) is 10.6. The number of ether oxygens (including phenoxy) is 2. The zero-order valence-corrected chi connectivity index (χ0v) is 13.3. The maximum atomic E-state index is 12.6. The molecular weight excluding hydrogens is 276 g/mol. The standard InChI is InChI=1S/C19H20O3/c1-13-11-17(21-3)19(18(12-13)22-4)16(20)10-9-15-8-6-5-7-14(15)2/h5-12H,1-4H3/b10-9+. The molecule has 2 aromatic rings. The molecule has 0 saturated carbocycles. The number of hydrogen-bond acceptors (Lipinski definition) is 3. The fourth-order valence-electron chi connectivity index (χ4n) is 2.31. The molecule has 0 N–H and O–H groups in total. The first-order valence-electron chi connectivity index (χ1n) is 7.07. The van der Waals surface area contributed by atoms with Gasteiger partial charge in [0.05, 0.1) is 14.2 Å². The summed E-state index contributed by atoms with van der Waals surface area (Å²) >= 11 is 0. The van der Waals surface area contributed by atoms with Crippen molar-refractivity contribution >= 4 is 11.9 Å². The monoisotopic (exact) mass is 296 g/mol. The minimum atomic E-state index is -0.142. The second-order valence-electron chi connectivity index (χ2n) is 5.10. The van der Waals surface area contributed by atoms with Gasteiger partial charge in [-0.2, -0.15) is 0 Å². The van der Waals surface area contributed by atoms with Crippen molar-refractivity contribution in [1.82, 2.24) is 0 Å². The van der Waals surface area contributed by atoms with Gasteiger partial charge >= 0.3 is 0 Å². The quantitative estimate of drug-likeness (QED) is 0.612. The van der Waals surface area contributed by atoms with Gasteiger partial charge in [-0.25, -0.2) is 0 Å². The molecule has 22 heavy (non-hydrogen) atoms. The van der Waals surface area contributed by atoms with Gasteiger partial charge in [0.25, 0.3) is 0 Å². The van der Waals surface area contributed by atoms with Crippen LogP contribution in [0.3, 0.4) is 0 Å². The largest absolute Gasteiger partial charge is 0.496 e. The first-order valence-corrected chi connectivity index (χ1v) is 7.07. The van der Waals surface area contributed by atoms with E-state index in [-0.39, 0.29) is 5.78 Å². The maximum Gasteiger partial charge on any atom is 0.193 e. The third-order valence-corrected chi connectivity index (χ3v) is 3.50. The maximum absolute atomic E-state index is 12.6. The minimum Gasteiger partial charge on any atom is -0.496 e. The molecule has 2 aromatic carbocycles. The van der Waals surface area contributed by atoms with Crippen LogP contribution in [0, 0.1) is 13.8 Å². The van der Waals surface area contributed by atoms with Crippen LogP contribution in [0.5, 0.6) is 11.5 Å². The van der Waals surface area contributed by atoms with E-state index in [1.807, 2.05) is 56.3 Å². The molecule has 0 aliphatic heterocycles. The molecule has 0 saturated heterocycles. The third kappa shape index (κ3) is 3.37. The van der Waals surface area contributed by atoms with Crippen LogP contribution in [0.2, 0.25) is 0 Å². The van der Waals surface area contributed by atoms with Crippen molar-refractivity contribution in [2.24, 2.45) is 0 Å². The molecule has 0 spiro atoms. The van der Waals surface area contributed by atoms with E-state index < -0.39 is 0 Å². The summed E-state index contributed by atoms with van der Waals surface area (Å²) in [6, 6.07) is 11.6. The van der Waals surface area contributed by atoms with Gasteiger partial charge in [0.1, 0.15) is 17.1 Å². The van der Waals surface area contributed by atoms with Crippen LogP contribution in [0.25, 0.3) is 6.08 Å². The van der Waals surface area contributed by atoms with Crippen LogP contribution in [-0.4, -0.2) is 20.0 Å². The molecule has 0 aromatic heterocycles. The predicted molar refractivity (Wildman–Crippen MR) is 88.8 cm³/mol. The molecule has 2 rings (SSSR count). The molecule has 0 amide bonds. The topological polar surface area (TPSA) is 35.5 Å². The SMILES string of the molecule is COc1cc(C)cc(OC)c1C(=O)/C=C/c1ccccc1C. The van der Waals surface area contributed by atoms with E-state index in [1.54, 1.807) is 20.3 Å². The molecule has 3 heteroatoms. The van der Waals surface area contributed by atoms with Gasteiger partial charge in [0, 0.05) is 0 Å². The van der Waals surface area contributed by atoms with Crippen molar-refractivity contribution in [3.63, 3.8) is 0 Å². The van der Waals surface area contributed by atoms with Gasteiger partial charge in [0.15, 0.2) is 5.78 Å². The molecule has 0 aliphatic carbocycles. The lowest BCUT2D eigenvalue weighted by molar-refractivity contribution is 0.104. The first kappa shape index (κ1) is 15.8. The number of carbonyl (C=O) groups excluding carboxylic acids is 1. The number of benzene rings is 2. The predicted octanol–water partition coefficient (Wildman–Crippen LogP) is 4.22. The molecule has 0 unspecified atom stereocenters. The van der Waals surface area contributed by atoms with Crippen molar-refractivity contribution in [1.29, 1.82) is 0 Å². The molecule has 0 aliphatic rings. The fraction of sp³-hybridized carbons (Fsp3) is 0.211. The van der Waals surface area contributed by atoms with Crippen LogP contribution in [-0.2, 0) is 0 Å². The highest BCUT2D eigenvalue weighted by Crippen LogP contribution is 2.31. The Morgan fingerprint density at radius 3 is 2.14 bits per heavy atom. The summed E-state index contributed by atoms with van der Waals surface area (Å²) in [5.41, 5.74) is 3.56. The fourth-order valence-corrected chi connectivity index (χ4v) is 2.31. The molecule has 114 valence electrons. The van der Waals surface area contributed by atoms with E-state index >= 15 is 0 Å². The van der Waals surface area contributed by atoms with E-state index in [0.717, 1.165) is 16.7 Å². The Hall–Kier alpha value is -2.55. The second-order valence-corrected chi connectivity index (χ2v) is 5.10. The van der Waals surface area contributed by atoms with Gasteiger partial charge in [-0.3, -0.25) is 4.79 Å². The molecule has 0 heterocycles. The second kappa shape index (κ2) is 6.94. The third-order valence-electron chi connectivity index (χ3n) is 3.50. The Labute approximate surface area is 131 Å². The highest BCUT2D eigenvalue weighted by atomic mass is 16.5. The van der Waals surface area contributed by atoms with Crippen molar-refractivity contribution < 1.29 is 14.3 Å². The van der Waals surface area contributed by atoms with Crippen molar-refractivity contribution in [3.05, 3.63) is 64.7 Å². The lowest BCUT2D eigenvalue weighted by atomic mass is 10.0. The summed E-state index contributed by atoms with van der Waals surface area (Å²) in [6.45, 7) is 3.94. The Kier molecular flexibility index (Phi) is 4.99. The van der Waals surface area contributed by atoms with Crippen molar-refractivity contribution in [2.45, 2.75) is 13.8 Å². The number of aryl methyl sites for hydroxylation is 2. The summed E-state index contributed by atoms with van der Waals surface area (Å²) in [7, 11) is 3.10. The lowest BCUT2D eigenvalue weighted by Crippen LogP contribution is -2.03. The van der Waals surface area contributed by atoms with E-state index in [0.29, 0.717) is 17.1 Å². The zero-order valence-electron chi connectivity index (χ0n) is 13.3. The van der Waals surface area contributed by atoms with Gasteiger partial charge < -0.3 is 9.47 Å². The summed E-state index contributed by atoms with van der Waals surface area (Å²) in [5, 5.41) is 0. The number of methoxy groups -OCH3 is 2. The lowest BCUT2D eigenvalue weighted by Gasteiger charge is -2.12. The van der Waals surface area contributed by atoms with Crippen LogP contribution < -0.4 is 9.47 Å². The molecule has 0 atom stereocenters. The summed E-state index contributed by atoms with van der Waals surface area (Å²) in [6.07, 6.45) is 3.37.